The van der Waals surface area contributed by atoms with Crippen LogP contribution in [0.4, 0.5) is 0 Å². The van der Waals surface area contributed by atoms with E-state index >= 15 is 0 Å². The third kappa shape index (κ3) is 4.82. The predicted molar refractivity (Wildman–Crippen MR) is 92.1 cm³/mol. The van der Waals surface area contributed by atoms with Crippen LogP contribution < -0.4 is 10.5 Å². The molecule has 0 spiro atoms. The van der Waals surface area contributed by atoms with Crippen LogP contribution in [0.5, 0.6) is 0 Å². The second kappa shape index (κ2) is 7.63. The molecular formula is C16H18N2O3S2. The van der Waals surface area contributed by atoms with Gasteiger partial charge in [-0.05, 0) is 42.5 Å². The van der Waals surface area contributed by atoms with Crippen molar-refractivity contribution < 1.29 is 13.2 Å². The van der Waals surface area contributed by atoms with Gasteiger partial charge >= 0.3 is 0 Å². The minimum absolute atomic E-state index is 0.0826. The van der Waals surface area contributed by atoms with Gasteiger partial charge in [-0.25, -0.2) is 13.6 Å². The van der Waals surface area contributed by atoms with Crippen LogP contribution in [-0.4, -0.2) is 27.1 Å². The predicted octanol–water partition coefficient (Wildman–Crippen LogP) is 2.03. The molecule has 0 heterocycles. The average Bonchev–Trinajstić information content (AvgIpc) is 2.54. The van der Waals surface area contributed by atoms with Gasteiger partial charge in [0.15, 0.2) is 0 Å². The van der Waals surface area contributed by atoms with Crippen LogP contribution in [0, 0.1) is 0 Å². The van der Waals surface area contributed by atoms with Crippen LogP contribution in [0.1, 0.15) is 15.9 Å². The van der Waals surface area contributed by atoms with Gasteiger partial charge in [0.2, 0.25) is 10.0 Å². The van der Waals surface area contributed by atoms with Gasteiger partial charge in [-0.3, -0.25) is 4.79 Å². The number of sulfonamides is 1. The summed E-state index contributed by atoms with van der Waals surface area (Å²) in [6.45, 7) is 0.469. The smallest absolute Gasteiger partial charge is 0.252 e. The number of carbonyl (C=O) groups excluding carboxylic acids is 1. The molecule has 122 valence electrons. The highest BCUT2D eigenvalue weighted by atomic mass is 32.2. The summed E-state index contributed by atoms with van der Waals surface area (Å²) >= 11 is 1.53. The molecule has 0 atom stereocenters. The highest BCUT2D eigenvalue weighted by Gasteiger charge is 2.10. The van der Waals surface area contributed by atoms with E-state index < -0.39 is 10.0 Å². The summed E-state index contributed by atoms with van der Waals surface area (Å²) in [7, 11) is -3.67. The van der Waals surface area contributed by atoms with E-state index in [4.69, 9.17) is 5.14 Å². The molecule has 0 radical (unpaired) electrons. The lowest BCUT2D eigenvalue weighted by molar-refractivity contribution is 0.0951. The first-order valence-electron chi connectivity index (χ1n) is 6.95. The third-order valence-corrected chi connectivity index (χ3v) is 5.03. The van der Waals surface area contributed by atoms with Gasteiger partial charge in [0.1, 0.15) is 0 Å². The largest absolute Gasteiger partial charge is 0.352 e. The second-order valence-electron chi connectivity index (χ2n) is 4.90. The summed E-state index contributed by atoms with van der Waals surface area (Å²) < 4.78 is 22.4. The highest BCUT2D eigenvalue weighted by Crippen LogP contribution is 2.19. The van der Waals surface area contributed by atoms with Crippen LogP contribution in [-0.2, 0) is 16.4 Å². The molecule has 0 unspecified atom stereocenters. The fourth-order valence-corrected chi connectivity index (χ4v) is 3.20. The zero-order chi connectivity index (χ0) is 16.9. The Morgan fingerprint density at radius 1 is 1.13 bits per heavy atom. The lowest BCUT2D eigenvalue weighted by atomic mass is 10.1. The van der Waals surface area contributed by atoms with Gasteiger partial charge in [0, 0.05) is 11.4 Å². The Kier molecular flexibility index (Phi) is 5.81. The minimum Gasteiger partial charge on any atom is -0.352 e. The van der Waals surface area contributed by atoms with Crippen LogP contribution in [0.3, 0.4) is 0 Å². The fourth-order valence-electron chi connectivity index (χ4n) is 2.09. The summed E-state index contributed by atoms with van der Waals surface area (Å²) in [5.41, 5.74) is 1.58. The third-order valence-electron chi connectivity index (χ3n) is 3.30. The monoisotopic (exact) mass is 350 g/mol. The summed E-state index contributed by atoms with van der Waals surface area (Å²) in [5.74, 6) is -0.115. The van der Waals surface area contributed by atoms with Gasteiger partial charge in [0.25, 0.3) is 5.91 Å². The zero-order valence-electron chi connectivity index (χ0n) is 12.7. The van der Waals surface area contributed by atoms with Crippen molar-refractivity contribution in [3.05, 3.63) is 59.7 Å². The van der Waals surface area contributed by atoms with Gasteiger partial charge in [-0.1, -0.05) is 24.3 Å². The maximum atomic E-state index is 12.2. The summed E-state index contributed by atoms with van der Waals surface area (Å²) in [4.78, 5) is 13.2. The lowest BCUT2D eigenvalue weighted by Crippen LogP contribution is -2.26. The number of thioether (sulfide) groups is 1. The van der Waals surface area contributed by atoms with E-state index in [-0.39, 0.29) is 10.8 Å². The number of nitrogens with one attached hydrogen (secondary N) is 1. The molecule has 0 saturated heterocycles. The van der Waals surface area contributed by atoms with Gasteiger partial charge in [-0.15, -0.1) is 11.8 Å². The van der Waals surface area contributed by atoms with Crippen molar-refractivity contribution in [2.24, 2.45) is 5.14 Å². The molecule has 0 aliphatic carbocycles. The van der Waals surface area contributed by atoms with Gasteiger partial charge in [-0.2, -0.15) is 0 Å². The summed E-state index contributed by atoms with van der Waals surface area (Å²) in [5, 5.41) is 7.92. The van der Waals surface area contributed by atoms with E-state index in [9.17, 15) is 13.2 Å². The van der Waals surface area contributed by atoms with Crippen LogP contribution in [0.15, 0.2) is 58.3 Å². The van der Waals surface area contributed by atoms with E-state index in [0.717, 1.165) is 10.5 Å². The van der Waals surface area contributed by atoms with Crippen molar-refractivity contribution in [1.82, 2.24) is 5.32 Å². The molecule has 23 heavy (non-hydrogen) atoms. The Morgan fingerprint density at radius 3 is 2.39 bits per heavy atom. The normalized spacial score (nSPS) is 11.2. The summed E-state index contributed by atoms with van der Waals surface area (Å²) in [6.07, 6.45) is 2.54. The number of carbonyl (C=O) groups is 1. The topological polar surface area (TPSA) is 89.3 Å². The molecule has 5 nitrogen and oxygen atoms in total. The minimum atomic E-state index is -3.67. The first-order valence-corrected chi connectivity index (χ1v) is 9.72. The van der Waals surface area contributed by atoms with Crippen LogP contribution in [0.2, 0.25) is 0 Å². The van der Waals surface area contributed by atoms with Crippen molar-refractivity contribution >= 4 is 27.7 Å². The number of primary sulfonamides is 1. The molecule has 0 fully saturated rings. The van der Waals surface area contributed by atoms with Crippen LogP contribution >= 0.6 is 11.8 Å². The van der Waals surface area contributed by atoms with E-state index in [1.54, 1.807) is 18.2 Å². The second-order valence-corrected chi connectivity index (χ2v) is 7.30. The van der Waals surface area contributed by atoms with Crippen LogP contribution in [0.25, 0.3) is 0 Å². The molecular weight excluding hydrogens is 332 g/mol. The number of hydrogen-bond donors (Lipinski definition) is 2. The van der Waals surface area contributed by atoms with Crippen molar-refractivity contribution in [1.29, 1.82) is 0 Å². The fraction of sp³-hybridized carbons (Fsp3) is 0.188. The molecule has 0 saturated carbocycles. The Bertz CT molecular complexity index is 787. The molecule has 3 N–H and O–H groups in total. The molecule has 0 aliphatic heterocycles. The number of rotatable bonds is 6. The molecule has 1 amide bonds. The zero-order valence-corrected chi connectivity index (χ0v) is 14.3. The number of amides is 1. The molecule has 2 rings (SSSR count). The van der Waals surface area contributed by atoms with Crippen molar-refractivity contribution in [2.45, 2.75) is 16.2 Å². The molecule has 0 aliphatic rings. The average molecular weight is 350 g/mol. The van der Waals surface area contributed by atoms with Gasteiger partial charge in [0.05, 0.1) is 10.5 Å². The SMILES string of the molecule is CSc1ccccc1C(=O)NCCc1ccc(S(N)(=O)=O)cc1. The van der Waals surface area contributed by atoms with Gasteiger partial charge < -0.3 is 5.32 Å². The number of nitrogens with two attached hydrogens (primary N) is 1. The molecule has 2 aromatic carbocycles. The molecule has 2 aromatic rings. The lowest BCUT2D eigenvalue weighted by Gasteiger charge is -2.08. The van der Waals surface area contributed by atoms with E-state index in [0.29, 0.717) is 18.5 Å². The number of hydrogen-bond acceptors (Lipinski definition) is 4. The quantitative estimate of drug-likeness (QED) is 0.780. The highest BCUT2D eigenvalue weighted by molar-refractivity contribution is 7.98. The van der Waals surface area contributed by atoms with E-state index in [2.05, 4.69) is 5.32 Å². The van der Waals surface area contributed by atoms with E-state index in [1.807, 2.05) is 24.5 Å². The first kappa shape index (κ1) is 17.5. The maximum absolute atomic E-state index is 12.2. The first-order chi connectivity index (χ1) is 10.9. The molecule has 7 heteroatoms. The Labute approximate surface area is 140 Å². The van der Waals surface area contributed by atoms with Crippen molar-refractivity contribution in [3.63, 3.8) is 0 Å². The Balaban J connectivity index is 1.93. The molecule has 0 aromatic heterocycles. The Hall–Kier alpha value is -1.83. The van der Waals surface area contributed by atoms with Crippen molar-refractivity contribution in [3.8, 4) is 0 Å². The maximum Gasteiger partial charge on any atom is 0.252 e. The van der Waals surface area contributed by atoms with E-state index in [1.165, 1.54) is 23.9 Å². The number of benzene rings is 2. The molecule has 0 bridgehead atoms. The summed E-state index contributed by atoms with van der Waals surface area (Å²) in [6, 6.07) is 13.8. The standard InChI is InChI=1S/C16H18N2O3S2/c1-22-15-5-3-2-4-14(15)16(19)18-11-10-12-6-8-13(9-7-12)23(17,20)21/h2-9H,10-11H2,1H3,(H,18,19)(H2,17,20,21). The van der Waals surface area contributed by atoms with Crippen molar-refractivity contribution in [2.75, 3.05) is 12.8 Å². The Morgan fingerprint density at radius 2 is 1.78 bits per heavy atom.